The molecule has 7 heteroatoms. The summed E-state index contributed by atoms with van der Waals surface area (Å²) >= 11 is 3.36. The monoisotopic (exact) mass is 444 g/mol. The second-order valence-electron chi connectivity index (χ2n) is 5.78. The Morgan fingerprint density at radius 3 is 2.32 bits per heavy atom. The topological polar surface area (TPSA) is 75.0 Å². The van der Waals surface area contributed by atoms with Crippen LogP contribution in [0, 0.1) is 0 Å². The first-order chi connectivity index (χ1) is 13.5. The number of carbonyl (C=O) groups is 1. The summed E-state index contributed by atoms with van der Waals surface area (Å²) in [6, 6.07) is 10.1. The van der Waals surface area contributed by atoms with Crippen molar-refractivity contribution in [3.05, 3.63) is 68.5 Å². The van der Waals surface area contributed by atoms with Crippen LogP contribution in [-0.4, -0.2) is 27.1 Å². The zero-order valence-electron chi connectivity index (χ0n) is 15.4. The van der Waals surface area contributed by atoms with Gasteiger partial charge in [0.05, 0.1) is 21.3 Å². The first kappa shape index (κ1) is 19.7. The SMILES string of the molecule is COc1cc(OC)c(OC)cc1C=CC(=O)c1cc2cc(Br)ccc2oc1=O. The van der Waals surface area contributed by atoms with Crippen LogP contribution < -0.4 is 19.8 Å². The van der Waals surface area contributed by atoms with E-state index in [1.54, 1.807) is 36.4 Å². The fourth-order valence-electron chi connectivity index (χ4n) is 2.70. The van der Waals surface area contributed by atoms with E-state index in [1.165, 1.54) is 33.5 Å². The Hall–Kier alpha value is -3.06. The number of halogens is 1. The molecule has 0 aliphatic carbocycles. The minimum Gasteiger partial charge on any atom is -0.496 e. The summed E-state index contributed by atoms with van der Waals surface area (Å²) in [4.78, 5) is 24.8. The maximum absolute atomic E-state index is 12.6. The lowest BCUT2D eigenvalue weighted by molar-refractivity contribution is 0.104. The van der Waals surface area contributed by atoms with Gasteiger partial charge in [-0.05, 0) is 42.5 Å². The molecule has 144 valence electrons. The van der Waals surface area contributed by atoms with E-state index in [9.17, 15) is 9.59 Å². The van der Waals surface area contributed by atoms with Crippen molar-refractivity contribution in [1.82, 2.24) is 0 Å². The van der Waals surface area contributed by atoms with Crippen LogP contribution in [0.2, 0.25) is 0 Å². The van der Waals surface area contributed by atoms with Crippen LogP contribution in [0.15, 0.2) is 56.2 Å². The third-order valence-electron chi connectivity index (χ3n) is 4.11. The third-order valence-corrected chi connectivity index (χ3v) is 4.60. The first-order valence-electron chi connectivity index (χ1n) is 8.22. The normalized spacial score (nSPS) is 11.0. The molecule has 6 nitrogen and oxygen atoms in total. The van der Waals surface area contributed by atoms with E-state index in [1.807, 2.05) is 0 Å². The highest BCUT2D eigenvalue weighted by Crippen LogP contribution is 2.35. The molecular formula is C21H17BrO6. The molecule has 3 rings (SSSR count). The van der Waals surface area contributed by atoms with Gasteiger partial charge in [0.1, 0.15) is 16.9 Å². The Morgan fingerprint density at radius 2 is 1.64 bits per heavy atom. The molecule has 3 aromatic rings. The van der Waals surface area contributed by atoms with Gasteiger partial charge in [-0.25, -0.2) is 4.79 Å². The summed E-state index contributed by atoms with van der Waals surface area (Å²) in [5.41, 5.74) is 0.266. The summed E-state index contributed by atoms with van der Waals surface area (Å²) in [6.45, 7) is 0. The molecule has 0 amide bonds. The van der Waals surface area contributed by atoms with Gasteiger partial charge in [-0.15, -0.1) is 0 Å². The molecule has 0 radical (unpaired) electrons. The fraction of sp³-hybridized carbons (Fsp3) is 0.143. The molecule has 28 heavy (non-hydrogen) atoms. The number of hydrogen-bond donors (Lipinski definition) is 0. The molecular weight excluding hydrogens is 428 g/mol. The Balaban J connectivity index is 1.99. The van der Waals surface area contributed by atoms with Gasteiger partial charge in [0.2, 0.25) is 0 Å². The van der Waals surface area contributed by atoms with E-state index < -0.39 is 11.4 Å². The largest absolute Gasteiger partial charge is 0.496 e. The summed E-state index contributed by atoms with van der Waals surface area (Å²) < 4.78 is 21.9. The van der Waals surface area contributed by atoms with E-state index >= 15 is 0 Å². The van der Waals surface area contributed by atoms with Crippen LogP contribution in [0.25, 0.3) is 17.0 Å². The molecule has 0 spiro atoms. The van der Waals surface area contributed by atoms with Gasteiger partial charge in [0.25, 0.3) is 0 Å². The van der Waals surface area contributed by atoms with Gasteiger partial charge in [-0.3, -0.25) is 4.79 Å². The van der Waals surface area contributed by atoms with Crippen molar-refractivity contribution in [3.63, 3.8) is 0 Å². The van der Waals surface area contributed by atoms with Crippen LogP contribution in [0.1, 0.15) is 15.9 Å². The predicted octanol–water partition coefficient (Wildman–Crippen LogP) is 4.48. The smallest absolute Gasteiger partial charge is 0.347 e. The van der Waals surface area contributed by atoms with Crippen LogP contribution in [0.3, 0.4) is 0 Å². The maximum Gasteiger partial charge on any atom is 0.347 e. The van der Waals surface area contributed by atoms with Gasteiger partial charge in [-0.1, -0.05) is 15.9 Å². The number of fused-ring (bicyclic) bond motifs is 1. The predicted molar refractivity (Wildman–Crippen MR) is 110 cm³/mol. The van der Waals surface area contributed by atoms with Crippen molar-refractivity contribution in [3.8, 4) is 17.2 Å². The molecule has 0 saturated heterocycles. The molecule has 0 N–H and O–H groups in total. The summed E-state index contributed by atoms with van der Waals surface area (Å²) in [5.74, 6) is 1.01. The van der Waals surface area contributed by atoms with Crippen molar-refractivity contribution in [2.75, 3.05) is 21.3 Å². The Labute approximate surface area is 169 Å². The number of methoxy groups -OCH3 is 3. The average Bonchev–Trinajstić information content (AvgIpc) is 2.70. The molecule has 1 aromatic heterocycles. The van der Waals surface area contributed by atoms with Gasteiger partial charge in [0, 0.05) is 21.5 Å². The Bertz CT molecular complexity index is 1130. The van der Waals surface area contributed by atoms with Gasteiger partial charge >= 0.3 is 5.63 Å². The highest BCUT2D eigenvalue weighted by Gasteiger charge is 2.13. The standard InChI is InChI=1S/C21H17BrO6/c1-25-18-11-20(27-3)19(26-2)10-12(18)4-6-16(23)15-9-13-8-14(22)5-7-17(13)28-21(15)24/h4-11H,1-3H3. The number of allylic oxidation sites excluding steroid dienone is 1. The van der Waals surface area contributed by atoms with Crippen molar-refractivity contribution in [1.29, 1.82) is 0 Å². The molecule has 2 aromatic carbocycles. The third kappa shape index (κ3) is 3.94. The number of benzene rings is 2. The van der Waals surface area contributed by atoms with Crippen LogP contribution in [0.5, 0.6) is 17.2 Å². The molecule has 0 bridgehead atoms. The Kier molecular flexibility index (Phi) is 5.84. The molecule has 0 aliphatic heterocycles. The second-order valence-corrected chi connectivity index (χ2v) is 6.69. The van der Waals surface area contributed by atoms with E-state index in [-0.39, 0.29) is 5.56 Å². The number of ether oxygens (including phenoxy) is 3. The highest BCUT2D eigenvalue weighted by atomic mass is 79.9. The molecule has 0 atom stereocenters. The molecule has 0 aliphatic rings. The minimum absolute atomic E-state index is 0.0544. The molecule has 0 saturated carbocycles. The number of rotatable bonds is 6. The maximum atomic E-state index is 12.6. The van der Waals surface area contributed by atoms with Crippen LogP contribution in [0.4, 0.5) is 0 Å². The van der Waals surface area contributed by atoms with Crippen molar-refractivity contribution >= 4 is 38.8 Å². The van der Waals surface area contributed by atoms with Crippen molar-refractivity contribution < 1.29 is 23.4 Å². The van der Waals surface area contributed by atoms with E-state index in [0.717, 1.165) is 4.47 Å². The van der Waals surface area contributed by atoms with Gasteiger partial charge < -0.3 is 18.6 Å². The highest BCUT2D eigenvalue weighted by molar-refractivity contribution is 9.10. The molecule has 0 unspecified atom stereocenters. The second kappa shape index (κ2) is 8.31. The van der Waals surface area contributed by atoms with E-state index in [0.29, 0.717) is 33.8 Å². The van der Waals surface area contributed by atoms with Crippen LogP contribution >= 0.6 is 15.9 Å². The Morgan fingerprint density at radius 1 is 0.964 bits per heavy atom. The van der Waals surface area contributed by atoms with Crippen molar-refractivity contribution in [2.24, 2.45) is 0 Å². The number of carbonyl (C=O) groups excluding carboxylic acids is 1. The summed E-state index contributed by atoms with van der Waals surface area (Å²) in [7, 11) is 4.55. The zero-order chi connectivity index (χ0) is 20.3. The average molecular weight is 445 g/mol. The van der Waals surface area contributed by atoms with Gasteiger partial charge in [0.15, 0.2) is 17.3 Å². The summed E-state index contributed by atoms with van der Waals surface area (Å²) in [6.07, 6.45) is 2.84. The summed E-state index contributed by atoms with van der Waals surface area (Å²) in [5, 5.41) is 0.648. The fourth-order valence-corrected chi connectivity index (χ4v) is 3.08. The van der Waals surface area contributed by atoms with E-state index in [4.69, 9.17) is 18.6 Å². The molecule has 1 heterocycles. The molecule has 0 fully saturated rings. The van der Waals surface area contributed by atoms with Crippen molar-refractivity contribution in [2.45, 2.75) is 0 Å². The minimum atomic E-state index is -0.691. The lowest BCUT2D eigenvalue weighted by Crippen LogP contribution is -2.11. The van der Waals surface area contributed by atoms with E-state index in [2.05, 4.69) is 15.9 Å². The first-order valence-corrected chi connectivity index (χ1v) is 9.02. The number of ketones is 1. The van der Waals surface area contributed by atoms with Gasteiger partial charge in [-0.2, -0.15) is 0 Å². The lowest BCUT2D eigenvalue weighted by Gasteiger charge is -2.12. The quantitative estimate of drug-likeness (QED) is 0.317. The zero-order valence-corrected chi connectivity index (χ0v) is 17.0. The number of hydrogen-bond acceptors (Lipinski definition) is 6. The van der Waals surface area contributed by atoms with Crippen LogP contribution in [-0.2, 0) is 0 Å². The lowest BCUT2D eigenvalue weighted by atomic mass is 10.1.